The standard InChI is InChI=1S/C16H14BrFN2O3/c17-13-7-12(8-19-9-13)16(22)23-10-15(21)20-6-5-11-1-3-14(18)4-2-11/h1-4,7-9H,5-6,10H2,(H,20,21). The van der Waals surface area contributed by atoms with E-state index in [9.17, 15) is 14.0 Å². The maximum atomic E-state index is 12.8. The van der Waals surface area contributed by atoms with Gasteiger partial charge in [0.15, 0.2) is 6.61 Å². The predicted octanol–water partition coefficient (Wildman–Crippen LogP) is 2.50. The van der Waals surface area contributed by atoms with Crippen LogP contribution in [0.1, 0.15) is 15.9 Å². The number of rotatable bonds is 6. The van der Waals surface area contributed by atoms with Gasteiger partial charge in [0.25, 0.3) is 5.91 Å². The first kappa shape index (κ1) is 17.1. The minimum absolute atomic E-state index is 0.262. The van der Waals surface area contributed by atoms with E-state index in [-0.39, 0.29) is 18.0 Å². The summed E-state index contributed by atoms with van der Waals surface area (Å²) in [4.78, 5) is 27.2. The summed E-state index contributed by atoms with van der Waals surface area (Å²) >= 11 is 3.20. The van der Waals surface area contributed by atoms with E-state index in [4.69, 9.17) is 4.74 Å². The third-order valence-corrected chi connectivity index (χ3v) is 3.36. The molecule has 2 rings (SSSR count). The third kappa shape index (κ3) is 5.78. The lowest BCUT2D eigenvalue weighted by Crippen LogP contribution is -2.30. The van der Waals surface area contributed by atoms with Crippen LogP contribution in [0.5, 0.6) is 0 Å². The van der Waals surface area contributed by atoms with Crippen LogP contribution >= 0.6 is 15.9 Å². The van der Waals surface area contributed by atoms with Gasteiger partial charge in [-0.2, -0.15) is 0 Å². The first-order valence-electron chi connectivity index (χ1n) is 6.83. The van der Waals surface area contributed by atoms with Crippen molar-refractivity contribution in [1.29, 1.82) is 0 Å². The van der Waals surface area contributed by atoms with Crippen LogP contribution in [0.15, 0.2) is 47.2 Å². The molecule has 0 saturated heterocycles. The molecule has 0 atom stereocenters. The summed E-state index contributed by atoms with van der Waals surface area (Å²) in [5, 5.41) is 2.63. The molecular formula is C16H14BrFN2O3. The van der Waals surface area contributed by atoms with Gasteiger partial charge in [0.2, 0.25) is 0 Å². The molecule has 7 heteroatoms. The van der Waals surface area contributed by atoms with Crippen LogP contribution in [-0.2, 0) is 16.0 Å². The molecule has 0 unspecified atom stereocenters. The zero-order valence-electron chi connectivity index (χ0n) is 12.1. The van der Waals surface area contributed by atoms with E-state index in [2.05, 4.69) is 26.2 Å². The number of pyridine rings is 1. The van der Waals surface area contributed by atoms with Crippen LogP contribution in [0, 0.1) is 5.82 Å². The number of carbonyl (C=O) groups is 2. The summed E-state index contributed by atoms with van der Waals surface area (Å²) < 4.78 is 18.3. The van der Waals surface area contributed by atoms with Gasteiger partial charge in [-0.1, -0.05) is 12.1 Å². The fourth-order valence-electron chi connectivity index (χ4n) is 1.79. The molecule has 5 nitrogen and oxygen atoms in total. The highest BCUT2D eigenvalue weighted by Crippen LogP contribution is 2.10. The number of nitrogens with zero attached hydrogens (tertiary/aromatic N) is 1. The topological polar surface area (TPSA) is 68.3 Å². The summed E-state index contributed by atoms with van der Waals surface area (Å²) in [7, 11) is 0. The summed E-state index contributed by atoms with van der Waals surface area (Å²) in [6.45, 7) is 0.00915. The number of hydrogen-bond donors (Lipinski definition) is 1. The normalized spacial score (nSPS) is 10.2. The second-order valence-electron chi connectivity index (χ2n) is 4.69. The zero-order valence-corrected chi connectivity index (χ0v) is 13.7. The largest absolute Gasteiger partial charge is 0.452 e. The van der Waals surface area contributed by atoms with Crippen molar-refractivity contribution in [2.75, 3.05) is 13.2 Å². The molecule has 0 aliphatic carbocycles. The van der Waals surface area contributed by atoms with Crippen LogP contribution in [0.4, 0.5) is 4.39 Å². The van der Waals surface area contributed by atoms with Crippen LogP contribution in [-0.4, -0.2) is 30.0 Å². The Labute approximate surface area is 141 Å². The van der Waals surface area contributed by atoms with Gasteiger partial charge in [0.05, 0.1) is 5.56 Å². The Balaban J connectivity index is 1.70. The number of hydrogen-bond acceptors (Lipinski definition) is 4. The summed E-state index contributed by atoms with van der Waals surface area (Å²) in [6, 6.07) is 7.60. The lowest BCUT2D eigenvalue weighted by atomic mass is 10.1. The Morgan fingerprint density at radius 1 is 1.22 bits per heavy atom. The van der Waals surface area contributed by atoms with Crippen LogP contribution < -0.4 is 5.32 Å². The van der Waals surface area contributed by atoms with Crippen molar-refractivity contribution in [1.82, 2.24) is 10.3 Å². The lowest BCUT2D eigenvalue weighted by molar-refractivity contribution is -0.124. The lowest BCUT2D eigenvalue weighted by Gasteiger charge is -2.07. The monoisotopic (exact) mass is 380 g/mol. The molecule has 120 valence electrons. The SMILES string of the molecule is O=C(COC(=O)c1cncc(Br)c1)NCCc1ccc(F)cc1. The third-order valence-electron chi connectivity index (χ3n) is 2.92. The molecule has 0 radical (unpaired) electrons. The van der Waals surface area contributed by atoms with Crippen molar-refractivity contribution < 1.29 is 18.7 Å². The molecule has 0 bridgehead atoms. The van der Waals surface area contributed by atoms with E-state index >= 15 is 0 Å². The van der Waals surface area contributed by atoms with E-state index in [1.54, 1.807) is 24.4 Å². The number of ether oxygens (including phenoxy) is 1. The molecule has 1 N–H and O–H groups in total. The van der Waals surface area contributed by atoms with Gasteiger partial charge in [-0.05, 0) is 46.1 Å². The van der Waals surface area contributed by atoms with Crippen molar-refractivity contribution in [3.63, 3.8) is 0 Å². The summed E-state index contributed by atoms with van der Waals surface area (Å²) in [6.07, 6.45) is 3.47. The van der Waals surface area contributed by atoms with Gasteiger partial charge in [-0.15, -0.1) is 0 Å². The molecule has 1 heterocycles. The number of benzene rings is 1. The van der Waals surface area contributed by atoms with Gasteiger partial charge >= 0.3 is 5.97 Å². The smallest absolute Gasteiger partial charge is 0.340 e. The Kier molecular flexibility index (Phi) is 6.22. The average molecular weight is 381 g/mol. The number of amides is 1. The average Bonchev–Trinajstić information content (AvgIpc) is 2.54. The number of esters is 1. The Bertz CT molecular complexity index is 692. The second-order valence-corrected chi connectivity index (χ2v) is 5.61. The van der Waals surface area contributed by atoms with E-state index < -0.39 is 11.9 Å². The van der Waals surface area contributed by atoms with Gasteiger partial charge in [-0.3, -0.25) is 9.78 Å². The maximum Gasteiger partial charge on any atom is 0.340 e. The first-order valence-corrected chi connectivity index (χ1v) is 7.63. The van der Waals surface area contributed by atoms with Crippen LogP contribution in [0.25, 0.3) is 0 Å². The second kappa shape index (κ2) is 8.38. The number of carbonyl (C=O) groups excluding carboxylic acids is 2. The molecule has 23 heavy (non-hydrogen) atoms. The molecule has 1 aromatic heterocycles. The highest BCUT2D eigenvalue weighted by Gasteiger charge is 2.10. The summed E-state index contributed by atoms with van der Waals surface area (Å²) in [5.41, 5.74) is 1.17. The highest BCUT2D eigenvalue weighted by molar-refractivity contribution is 9.10. The van der Waals surface area contributed by atoms with E-state index in [1.165, 1.54) is 18.3 Å². The number of nitrogens with one attached hydrogen (secondary N) is 1. The van der Waals surface area contributed by atoms with Gasteiger partial charge in [-0.25, -0.2) is 9.18 Å². The quantitative estimate of drug-likeness (QED) is 0.781. The zero-order chi connectivity index (χ0) is 16.7. The molecule has 2 aromatic rings. The van der Waals surface area contributed by atoms with E-state index in [0.29, 0.717) is 17.4 Å². The minimum Gasteiger partial charge on any atom is -0.452 e. The highest BCUT2D eigenvalue weighted by atomic mass is 79.9. The van der Waals surface area contributed by atoms with Gasteiger partial charge in [0.1, 0.15) is 5.82 Å². The summed E-state index contributed by atoms with van der Waals surface area (Å²) in [5.74, 6) is -1.32. The molecule has 0 saturated carbocycles. The van der Waals surface area contributed by atoms with Crippen molar-refractivity contribution in [2.24, 2.45) is 0 Å². The molecule has 0 fully saturated rings. The Morgan fingerprint density at radius 3 is 2.65 bits per heavy atom. The fraction of sp³-hybridized carbons (Fsp3) is 0.188. The Morgan fingerprint density at radius 2 is 1.96 bits per heavy atom. The predicted molar refractivity (Wildman–Crippen MR) is 85.3 cm³/mol. The number of halogens is 2. The van der Waals surface area contributed by atoms with Crippen LogP contribution in [0.3, 0.4) is 0 Å². The molecule has 0 spiro atoms. The molecule has 1 aromatic carbocycles. The number of aromatic nitrogens is 1. The molecule has 1 amide bonds. The first-order chi connectivity index (χ1) is 11.0. The van der Waals surface area contributed by atoms with E-state index in [1.807, 2.05) is 0 Å². The fourth-order valence-corrected chi connectivity index (χ4v) is 2.15. The molecule has 0 aliphatic rings. The maximum absolute atomic E-state index is 12.8. The van der Waals surface area contributed by atoms with Gasteiger partial charge in [0, 0.05) is 23.4 Å². The van der Waals surface area contributed by atoms with E-state index in [0.717, 1.165) is 5.56 Å². The van der Waals surface area contributed by atoms with Gasteiger partial charge < -0.3 is 10.1 Å². The van der Waals surface area contributed by atoms with Crippen molar-refractivity contribution >= 4 is 27.8 Å². The van der Waals surface area contributed by atoms with Crippen molar-refractivity contribution in [3.8, 4) is 0 Å². The van der Waals surface area contributed by atoms with Crippen molar-refractivity contribution in [2.45, 2.75) is 6.42 Å². The molecule has 0 aliphatic heterocycles. The van der Waals surface area contributed by atoms with Crippen molar-refractivity contribution in [3.05, 3.63) is 64.1 Å². The van der Waals surface area contributed by atoms with Crippen LogP contribution in [0.2, 0.25) is 0 Å². The molecular weight excluding hydrogens is 367 g/mol. The Hall–Kier alpha value is -2.28. The minimum atomic E-state index is -0.618.